The normalized spacial score (nSPS) is 25.8. The summed E-state index contributed by atoms with van der Waals surface area (Å²) in [6, 6.07) is 0.376. The molecule has 1 N–H and O–H groups in total. The van der Waals surface area contributed by atoms with E-state index in [4.69, 9.17) is 0 Å². The molecule has 0 bridgehead atoms. The Morgan fingerprint density at radius 1 is 1.47 bits per heavy atom. The van der Waals surface area contributed by atoms with Crippen molar-refractivity contribution in [3.63, 3.8) is 0 Å². The molecule has 0 radical (unpaired) electrons. The molecular formula is C14H23N3. The lowest BCUT2D eigenvalue weighted by atomic mass is 9.95. The molecule has 2 unspecified atom stereocenters. The van der Waals surface area contributed by atoms with Gasteiger partial charge in [-0.05, 0) is 18.4 Å². The molecule has 0 aromatic rings. The van der Waals surface area contributed by atoms with Crippen LogP contribution in [0.3, 0.4) is 0 Å². The van der Waals surface area contributed by atoms with Gasteiger partial charge in [-0.25, -0.2) is 0 Å². The van der Waals surface area contributed by atoms with Crippen molar-refractivity contribution in [2.45, 2.75) is 33.2 Å². The van der Waals surface area contributed by atoms with Gasteiger partial charge in [0.1, 0.15) is 0 Å². The zero-order chi connectivity index (χ0) is 12.3. The summed E-state index contributed by atoms with van der Waals surface area (Å²) in [5, 5.41) is 4.14. The summed E-state index contributed by atoms with van der Waals surface area (Å²) in [5.41, 5.74) is 4.47. The number of hydrogen-bond donors (Lipinski definition) is 1. The first-order valence-electron chi connectivity index (χ1n) is 6.64. The van der Waals surface area contributed by atoms with Crippen LogP contribution < -0.4 is 5.43 Å². The van der Waals surface area contributed by atoms with Gasteiger partial charge in [-0.3, -0.25) is 0 Å². The molecule has 1 aliphatic heterocycles. The topological polar surface area (TPSA) is 27.6 Å². The monoisotopic (exact) mass is 233 g/mol. The highest BCUT2D eigenvalue weighted by Crippen LogP contribution is 2.22. The van der Waals surface area contributed by atoms with Gasteiger partial charge in [-0.2, -0.15) is 5.10 Å². The molecule has 94 valence electrons. The van der Waals surface area contributed by atoms with Crippen molar-refractivity contribution in [2.24, 2.45) is 16.9 Å². The number of allylic oxidation sites excluding steroid dienone is 1. The van der Waals surface area contributed by atoms with Gasteiger partial charge >= 0.3 is 0 Å². The zero-order valence-corrected chi connectivity index (χ0v) is 11.1. The Morgan fingerprint density at radius 3 is 3.00 bits per heavy atom. The second-order valence-electron chi connectivity index (χ2n) is 5.30. The van der Waals surface area contributed by atoms with Crippen LogP contribution >= 0.6 is 0 Å². The Kier molecular flexibility index (Phi) is 3.87. The summed E-state index contributed by atoms with van der Waals surface area (Å²) in [4.78, 5) is 2.49. The maximum atomic E-state index is 4.14. The summed E-state index contributed by atoms with van der Waals surface area (Å²) >= 11 is 0. The summed E-state index contributed by atoms with van der Waals surface area (Å²) in [7, 11) is 0. The largest absolute Gasteiger partial charge is 0.372 e. The molecule has 0 saturated carbocycles. The summed E-state index contributed by atoms with van der Waals surface area (Å²) in [6.07, 6.45) is 10.0. The smallest absolute Gasteiger partial charge is 0.0737 e. The molecule has 3 nitrogen and oxygen atoms in total. The van der Waals surface area contributed by atoms with Crippen molar-refractivity contribution in [1.29, 1.82) is 0 Å². The van der Waals surface area contributed by atoms with E-state index in [1.54, 1.807) is 0 Å². The van der Waals surface area contributed by atoms with E-state index in [1.807, 2.05) is 6.21 Å². The van der Waals surface area contributed by atoms with Crippen molar-refractivity contribution in [2.75, 3.05) is 13.1 Å². The van der Waals surface area contributed by atoms with Crippen LogP contribution in [0.1, 0.15) is 27.2 Å². The van der Waals surface area contributed by atoms with Gasteiger partial charge in [0.25, 0.3) is 0 Å². The summed E-state index contributed by atoms with van der Waals surface area (Å²) in [6.45, 7) is 9.05. The summed E-state index contributed by atoms with van der Waals surface area (Å²) < 4.78 is 0. The Morgan fingerprint density at radius 2 is 2.29 bits per heavy atom. The third-order valence-electron chi connectivity index (χ3n) is 3.17. The van der Waals surface area contributed by atoms with Crippen molar-refractivity contribution >= 4 is 6.21 Å². The van der Waals surface area contributed by atoms with Crippen LogP contribution in [-0.2, 0) is 0 Å². The molecule has 0 aromatic carbocycles. The highest BCUT2D eigenvalue weighted by Gasteiger charge is 2.24. The fourth-order valence-electron chi connectivity index (χ4n) is 2.41. The minimum Gasteiger partial charge on any atom is -0.372 e. The van der Waals surface area contributed by atoms with Crippen LogP contribution in [0.2, 0.25) is 0 Å². The van der Waals surface area contributed by atoms with Crippen LogP contribution in [0.4, 0.5) is 0 Å². The molecule has 0 spiro atoms. The predicted octanol–water partition coefficient (Wildman–Crippen LogP) is 2.38. The standard InChI is InChI=1S/C14H23N3/c1-4-7-17(10-11(2)3)13-5-6-14-12(8-13)9-15-16-14/h5-6,8-9,11-12,14,16H,4,7,10H2,1-3H3. The second kappa shape index (κ2) is 5.39. The second-order valence-corrected chi connectivity index (χ2v) is 5.30. The minimum atomic E-state index is 0.376. The molecule has 0 fully saturated rings. The van der Waals surface area contributed by atoms with Gasteiger partial charge in [-0.15, -0.1) is 0 Å². The molecule has 2 atom stereocenters. The first-order chi connectivity index (χ1) is 8.20. The van der Waals surface area contributed by atoms with Crippen LogP contribution in [0.25, 0.3) is 0 Å². The summed E-state index contributed by atoms with van der Waals surface area (Å²) in [5.74, 6) is 1.13. The molecule has 0 amide bonds. The number of fused-ring (bicyclic) bond motifs is 1. The lowest BCUT2D eigenvalue weighted by Gasteiger charge is -2.30. The lowest BCUT2D eigenvalue weighted by Crippen LogP contribution is -2.32. The Bertz CT molecular complexity index is 341. The molecular weight excluding hydrogens is 210 g/mol. The number of hydrogen-bond acceptors (Lipinski definition) is 3. The average Bonchev–Trinajstić information content (AvgIpc) is 2.74. The number of hydrazone groups is 1. The number of rotatable bonds is 5. The molecule has 1 heterocycles. The highest BCUT2D eigenvalue weighted by atomic mass is 15.3. The fourth-order valence-corrected chi connectivity index (χ4v) is 2.41. The molecule has 0 aromatic heterocycles. The van der Waals surface area contributed by atoms with Gasteiger partial charge < -0.3 is 10.3 Å². The average molecular weight is 233 g/mol. The van der Waals surface area contributed by atoms with Crippen LogP contribution in [0.5, 0.6) is 0 Å². The van der Waals surface area contributed by atoms with E-state index in [2.05, 4.69) is 54.4 Å². The van der Waals surface area contributed by atoms with Gasteiger partial charge in [0, 0.05) is 30.9 Å². The lowest BCUT2D eigenvalue weighted by molar-refractivity contribution is 0.309. The van der Waals surface area contributed by atoms with Crippen LogP contribution in [0.15, 0.2) is 29.0 Å². The van der Waals surface area contributed by atoms with Gasteiger partial charge in [-0.1, -0.05) is 32.9 Å². The van der Waals surface area contributed by atoms with E-state index in [0.29, 0.717) is 17.9 Å². The van der Waals surface area contributed by atoms with E-state index in [9.17, 15) is 0 Å². The van der Waals surface area contributed by atoms with E-state index < -0.39 is 0 Å². The molecule has 3 heteroatoms. The van der Waals surface area contributed by atoms with E-state index in [-0.39, 0.29) is 0 Å². The predicted molar refractivity (Wildman–Crippen MR) is 72.8 cm³/mol. The maximum Gasteiger partial charge on any atom is 0.0737 e. The van der Waals surface area contributed by atoms with Crippen molar-refractivity contribution < 1.29 is 0 Å². The first-order valence-corrected chi connectivity index (χ1v) is 6.64. The van der Waals surface area contributed by atoms with Crippen LogP contribution in [-0.4, -0.2) is 30.2 Å². The fraction of sp³-hybridized carbons (Fsp3) is 0.643. The van der Waals surface area contributed by atoms with E-state index in [0.717, 1.165) is 13.1 Å². The Labute approximate surface area is 104 Å². The minimum absolute atomic E-state index is 0.376. The first kappa shape index (κ1) is 12.2. The van der Waals surface area contributed by atoms with Gasteiger partial charge in [0.15, 0.2) is 0 Å². The molecule has 17 heavy (non-hydrogen) atoms. The van der Waals surface area contributed by atoms with Crippen molar-refractivity contribution in [3.8, 4) is 0 Å². The third kappa shape index (κ3) is 2.90. The van der Waals surface area contributed by atoms with E-state index >= 15 is 0 Å². The Hall–Kier alpha value is -1.25. The quantitative estimate of drug-likeness (QED) is 0.789. The third-order valence-corrected chi connectivity index (χ3v) is 3.17. The molecule has 2 rings (SSSR count). The molecule has 1 aliphatic carbocycles. The highest BCUT2D eigenvalue weighted by molar-refractivity contribution is 5.68. The maximum absolute atomic E-state index is 4.14. The number of nitrogens with one attached hydrogen (secondary N) is 1. The zero-order valence-electron chi connectivity index (χ0n) is 11.1. The van der Waals surface area contributed by atoms with Crippen molar-refractivity contribution in [1.82, 2.24) is 10.3 Å². The SMILES string of the molecule is CCCN(CC(C)C)C1=CC2C=NNC2C=C1. The Balaban J connectivity index is 2.08. The molecule has 0 saturated heterocycles. The van der Waals surface area contributed by atoms with E-state index in [1.165, 1.54) is 12.1 Å². The van der Waals surface area contributed by atoms with Crippen molar-refractivity contribution in [3.05, 3.63) is 23.9 Å². The van der Waals surface area contributed by atoms with Crippen LogP contribution in [0, 0.1) is 11.8 Å². The number of nitrogens with zero attached hydrogens (tertiary/aromatic N) is 2. The van der Waals surface area contributed by atoms with Gasteiger partial charge in [0.2, 0.25) is 0 Å². The molecule has 2 aliphatic rings. The van der Waals surface area contributed by atoms with Gasteiger partial charge in [0.05, 0.1) is 6.04 Å².